The largest absolute Gasteiger partial charge is 0.326 e. The molecule has 0 bridgehead atoms. The number of aryl methyl sites for hydroxylation is 1. The average molecular weight is 297 g/mol. The van der Waals surface area contributed by atoms with Crippen molar-refractivity contribution in [1.29, 1.82) is 0 Å². The van der Waals surface area contributed by atoms with Crippen LogP contribution in [0.15, 0.2) is 42.6 Å². The average Bonchev–Trinajstić information content (AvgIpc) is 2.49. The van der Waals surface area contributed by atoms with Gasteiger partial charge in [0, 0.05) is 29.2 Å². The van der Waals surface area contributed by atoms with Crippen LogP contribution in [0.25, 0.3) is 0 Å². The third-order valence-corrected chi connectivity index (χ3v) is 3.11. The minimum atomic E-state index is -0.216. The molecule has 0 unspecified atom stereocenters. The van der Waals surface area contributed by atoms with E-state index in [1.807, 2.05) is 20.8 Å². The maximum atomic E-state index is 12.1. The van der Waals surface area contributed by atoms with Gasteiger partial charge in [-0.25, -0.2) is 0 Å². The lowest BCUT2D eigenvalue weighted by Gasteiger charge is -2.09. The number of carbonyl (C=O) groups excluding carboxylic acids is 2. The zero-order valence-electron chi connectivity index (χ0n) is 12.9. The topological polar surface area (TPSA) is 71.1 Å². The summed E-state index contributed by atoms with van der Waals surface area (Å²) >= 11 is 0. The van der Waals surface area contributed by atoms with Gasteiger partial charge in [-0.3, -0.25) is 14.6 Å². The van der Waals surface area contributed by atoms with Gasteiger partial charge < -0.3 is 10.6 Å². The zero-order chi connectivity index (χ0) is 16.1. The number of benzene rings is 1. The molecule has 5 nitrogen and oxygen atoms in total. The van der Waals surface area contributed by atoms with Crippen LogP contribution in [-0.4, -0.2) is 16.8 Å². The Kier molecular flexibility index (Phi) is 4.88. The Morgan fingerprint density at radius 2 is 1.55 bits per heavy atom. The number of hydrogen-bond acceptors (Lipinski definition) is 3. The number of aromatic nitrogens is 1. The molecule has 0 saturated carbocycles. The Morgan fingerprint density at radius 1 is 0.955 bits per heavy atom. The quantitative estimate of drug-likeness (QED) is 0.910. The molecule has 0 radical (unpaired) electrons. The van der Waals surface area contributed by atoms with E-state index in [0.29, 0.717) is 16.9 Å². The van der Waals surface area contributed by atoms with E-state index in [1.165, 1.54) is 0 Å². The molecule has 0 saturated heterocycles. The number of nitrogens with zero attached hydrogens (tertiary/aromatic N) is 1. The minimum Gasteiger partial charge on any atom is -0.326 e. The van der Waals surface area contributed by atoms with Crippen molar-refractivity contribution in [1.82, 2.24) is 4.98 Å². The fourth-order valence-electron chi connectivity index (χ4n) is 1.73. The van der Waals surface area contributed by atoms with Crippen molar-refractivity contribution < 1.29 is 9.59 Å². The molecule has 0 aliphatic carbocycles. The number of carbonyl (C=O) groups is 2. The number of pyridine rings is 1. The minimum absolute atomic E-state index is 0.0393. The Morgan fingerprint density at radius 3 is 2.05 bits per heavy atom. The smallest absolute Gasteiger partial charge is 0.257 e. The molecule has 0 spiro atoms. The molecule has 0 aliphatic heterocycles. The molecule has 0 fully saturated rings. The van der Waals surface area contributed by atoms with Crippen LogP contribution in [0.4, 0.5) is 11.4 Å². The van der Waals surface area contributed by atoms with Crippen molar-refractivity contribution in [2.24, 2.45) is 5.92 Å². The first kappa shape index (κ1) is 15.7. The normalized spacial score (nSPS) is 10.4. The summed E-state index contributed by atoms with van der Waals surface area (Å²) in [4.78, 5) is 27.8. The second-order valence-electron chi connectivity index (χ2n) is 5.36. The summed E-state index contributed by atoms with van der Waals surface area (Å²) in [7, 11) is 0. The molecule has 2 amide bonds. The Hall–Kier alpha value is -2.69. The first-order valence-electron chi connectivity index (χ1n) is 7.10. The van der Waals surface area contributed by atoms with E-state index < -0.39 is 0 Å². The van der Waals surface area contributed by atoms with Crippen LogP contribution < -0.4 is 10.6 Å². The van der Waals surface area contributed by atoms with Crippen LogP contribution >= 0.6 is 0 Å². The molecule has 1 heterocycles. The standard InChI is InChI=1S/C17H19N3O2/c1-11(2)16(21)19-14-6-8-15(9-7-14)20-17(22)13-5-4-12(3)18-10-13/h4-11H,1-3H3,(H,19,21)(H,20,22). The van der Waals surface area contributed by atoms with Gasteiger partial charge in [-0.15, -0.1) is 0 Å². The van der Waals surface area contributed by atoms with Crippen LogP contribution in [-0.2, 0) is 4.79 Å². The van der Waals surface area contributed by atoms with E-state index in [0.717, 1.165) is 5.69 Å². The Bertz CT molecular complexity index is 661. The molecule has 0 atom stereocenters. The third-order valence-electron chi connectivity index (χ3n) is 3.11. The number of nitrogens with one attached hydrogen (secondary N) is 2. The number of amides is 2. The van der Waals surface area contributed by atoms with E-state index in [-0.39, 0.29) is 17.7 Å². The predicted octanol–water partition coefficient (Wildman–Crippen LogP) is 3.24. The monoisotopic (exact) mass is 297 g/mol. The summed E-state index contributed by atoms with van der Waals surface area (Å²) < 4.78 is 0. The zero-order valence-corrected chi connectivity index (χ0v) is 12.9. The molecule has 2 aromatic rings. The van der Waals surface area contributed by atoms with Crippen molar-refractivity contribution in [2.45, 2.75) is 20.8 Å². The highest BCUT2D eigenvalue weighted by molar-refractivity contribution is 6.04. The van der Waals surface area contributed by atoms with E-state index >= 15 is 0 Å². The maximum absolute atomic E-state index is 12.1. The highest BCUT2D eigenvalue weighted by atomic mass is 16.2. The lowest BCUT2D eigenvalue weighted by atomic mass is 10.2. The molecule has 5 heteroatoms. The fraction of sp³-hybridized carbons (Fsp3) is 0.235. The highest BCUT2D eigenvalue weighted by Gasteiger charge is 2.08. The van der Waals surface area contributed by atoms with E-state index in [2.05, 4.69) is 15.6 Å². The molecular formula is C17H19N3O2. The molecule has 22 heavy (non-hydrogen) atoms. The van der Waals surface area contributed by atoms with Crippen molar-refractivity contribution >= 4 is 23.2 Å². The second-order valence-corrected chi connectivity index (χ2v) is 5.36. The van der Waals surface area contributed by atoms with Gasteiger partial charge in [-0.2, -0.15) is 0 Å². The van der Waals surface area contributed by atoms with Gasteiger partial charge in [0.2, 0.25) is 5.91 Å². The molecular weight excluding hydrogens is 278 g/mol. The van der Waals surface area contributed by atoms with Crippen LogP contribution in [0.3, 0.4) is 0 Å². The summed E-state index contributed by atoms with van der Waals surface area (Å²) in [5.74, 6) is -0.331. The van der Waals surface area contributed by atoms with Crippen LogP contribution in [0.1, 0.15) is 29.9 Å². The van der Waals surface area contributed by atoms with Gasteiger partial charge in [0.1, 0.15) is 0 Å². The van der Waals surface area contributed by atoms with Gasteiger partial charge in [0.15, 0.2) is 0 Å². The van der Waals surface area contributed by atoms with Crippen molar-refractivity contribution in [2.75, 3.05) is 10.6 Å². The first-order valence-corrected chi connectivity index (χ1v) is 7.10. The molecule has 1 aromatic carbocycles. The van der Waals surface area contributed by atoms with Gasteiger partial charge in [0.25, 0.3) is 5.91 Å². The van der Waals surface area contributed by atoms with Gasteiger partial charge >= 0.3 is 0 Å². The molecule has 1 aromatic heterocycles. The summed E-state index contributed by atoms with van der Waals surface area (Å²) in [5, 5.41) is 5.59. The molecule has 2 rings (SSSR count). The second kappa shape index (κ2) is 6.85. The summed E-state index contributed by atoms with van der Waals surface area (Å²) in [6.07, 6.45) is 1.54. The van der Waals surface area contributed by atoms with Gasteiger partial charge in [0.05, 0.1) is 5.56 Å². The van der Waals surface area contributed by atoms with Crippen LogP contribution in [0.2, 0.25) is 0 Å². The molecule has 2 N–H and O–H groups in total. The predicted molar refractivity (Wildman–Crippen MR) is 86.8 cm³/mol. The van der Waals surface area contributed by atoms with Gasteiger partial charge in [-0.1, -0.05) is 13.8 Å². The van der Waals surface area contributed by atoms with Crippen molar-refractivity contribution in [3.05, 3.63) is 53.9 Å². The van der Waals surface area contributed by atoms with E-state index in [4.69, 9.17) is 0 Å². The third kappa shape index (κ3) is 4.15. The number of rotatable bonds is 4. The summed E-state index contributed by atoms with van der Waals surface area (Å²) in [6, 6.07) is 10.5. The Balaban J connectivity index is 2.00. The van der Waals surface area contributed by atoms with Gasteiger partial charge in [-0.05, 0) is 43.3 Å². The van der Waals surface area contributed by atoms with E-state index in [1.54, 1.807) is 42.6 Å². The maximum Gasteiger partial charge on any atom is 0.257 e. The number of anilines is 2. The Labute approximate surface area is 129 Å². The van der Waals surface area contributed by atoms with E-state index in [9.17, 15) is 9.59 Å². The van der Waals surface area contributed by atoms with Crippen molar-refractivity contribution in [3.63, 3.8) is 0 Å². The first-order chi connectivity index (χ1) is 10.5. The molecule has 0 aliphatic rings. The molecule has 114 valence electrons. The number of hydrogen-bond donors (Lipinski definition) is 2. The highest BCUT2D eigenvalue weighted by Crippen LogP contribution is 2.15. The van der Waals surface area contributed by atoms with Crippen molar-refractivity contribution in [3.8, 4) is 0 Å². The summed E-state index contributed by atoms with van der Waals surface area (Å²) in [5.41, 5.74) is 2.73. The SMILES string of the molecule is Cc1ccc(C(=O)Nc2ccc(NC(=O)C(C)C)cc2)cn1. The lowest BCUT2D eigenvalue weighted by molar-refractivity contribution is -0.118. The summed E-state index contributed by atoms with van der Waals surface area (Å²) in [6.45, 7) is 5.53. The fourth-order valence-corrected chi connectivity index (χ4v) is 1.73. The van der Waals surface area contributed by atoms with Crippen LogP contribution in [0, 0.1) is 12.8 Å². The van der Waals surface area contributed by atoms with Crippen LogP contribution in [0.5, 0.6) is 0 Å². The lowest BCUT2D eigenvalue weighted by Crippen LogP contribution is -2.17.